The number of carbonyl (C=O) groups is 1. The molecule has 0 N–H and O–H groups in total. The Hall–Kier alpha value is -1.77. The predicted molar refractivity (Wildman–Crippen MR) is 68.3 cm³/mol. The molecule has 3 heteroatoms. The quantitative estimate of drug-likeness (QED) is 0.559. The van der Waals surface area contributed by atoms with Crippen LogP contribution in [0.4, 0.5) is 0 Å². The van der Waals surface area contributed by atoms with Gasteiger partial charge in [-0.15, -0.1) is 0 Å². The van der Waals surface area contributed by atoms with E-state index in [9.17, 15) is 4.79 Å². The van der Waals surface area contributed by atoms with Gasteiger partial charge in [-0.25, -0.2) is 4.79 Å². The normalized spacial score (nSPS) is 9.76. The molecule has 0 spiro atoms. The highest BCUT2D eigenvalue weighted by Gasteiger charge is 2.15. The van der Waals surface area contributed by atoms with Crippen LogP contribution in [-0.2, 0) is 4.74 Å². The van der Waals surface area contributed by atoms with E-state index in [0.29, 0.717) is 17.9 Å². The van der Waals surface area contributed by atoms with Gasteiger partial charge in [0.15, 0.2) is 0 Å². The van der Waals surface area contributed by atoms with Crippen LogP contribution in [0.25, 0.3) is 6.08 Å². The molecule has 0 aliphatic carbocycles. The van der Waals surface area contributed by atoms with Crippen molar-refractivity contribution < 1.29 is 14.3 Å². The summed E-state index contributed by atoms with van der Waals surface area (Å²) in [4.78, 5) is 11.8. The smallest absolute Gasteiger partial charge is 0.341 e. The van der Waals surface area contributed by atoms with Gasteiger partial charge in [-0.2, -0.15) is 0 Å². The summed E-state index contributed by atoms with van der Waals surface area (Å²) in [6, 6.07) is 5.32. The third kappa shape index (κ3) is 3.34. The Labute approximate surface area is 102 Å². The Kier molecular flexibility index (Phi) is 5.27. The van der Waals surface area contributed by atoms with Crippen molar-refractivity contribution >= 4 is 12.0 Å². The fourth-order valence-electron chi connectivity index (χ4n) is 1.49. The molecule has 0 saturated heterocycles. The highest BCUT2D eigenvalue weighted by atomic mass is 16.5. The molecule has 0 heterocycles. The van der Waals surface area contributed by atoms with Gasteiger partial charge < -0.3 is 9.47 Å². The number of hydrogen-bond donors (Lipinski definition) is 0. The fourth-order valence-corrected chi connectivity index (χ4v) is 1.49. The first-order valence-corrected chi connectivity index (χ1v) is 5.71. The van der Waals surface area contributed by atoms with E-state index in [1.165, 1.54) is 7.11 Å². The lowest BCUT2D eigenvalue weighted by molar-refractivity contribution is 0.0496. The third-order valence-corrected chi connectivity index (χ3v) is 2.42. The minimum atomic E-state index is -0.348. The highest BCUT2D eigenvalue weighted by molar-refractivity contribution is 5.94. The number of methoxy groups -OCH3 is 1. The molecule has 3 nitrogen and oxygen atoms in total. The van der Waals surface area contributed by atoms with Gasteiger partial charge >= 0.3 is 5.97 Å². The first-order valence-electron chi connectivity index (χ1n) is 5.71. The number of unbranched alkanes of at least 4 members (excludes halogenated alkanes) is 1. The Balaban J connectivity index is 2.89. The van der Waals surface area contributed by atoms with Crippen molar-refractivity contribution in [3.8, 4) is 5.75 Å². The van der Waals surface area contributed by atoms with Crippen molar-refractivity contribution in [2.45, 2.75) is 19.8 Å². The lowest BCUT2D eigenvalue weighted by atomic mass is 10.1. The van der Waals surface area contributed by atoms with Crippen molar-refractivity contribution in [3.05, 3.63) is 35.9 Å². The molecule has 92 valence electrons. The van der Waals surface area contributed by atoms with Gasteiger partial charge in [0.25, 0.3) is 0 Å². The fraction of sp³-hybridized carbons (Fsp3) is 0.357. The molecule has 17 heavy (non-hydrogen) atoms. The van der Waals surface area contributed by atoms with Crippen LogP contribution in [0.5, 0.6) is 5.75 Å². The lowest BCUT2D eigenvalue weighted by Crippen LogP contribution is -2.08. The molecular formula is C14H18O3. The average molecular weight is 234 g/mol. The van der Waals surface area contributed by atoms with E-state index in [2.05, 4.69) is 6.58 Å². The second-order valence-electron chi connectivity index (χ2n) is 3.62. The molecule has 0 aromatic heterocycles. The second-order valence-corrected chi connectivity index (χ2v) is 3.62. The van der Waals surface area contributed by atoms with E-state index in [0.717, 1.165) is 18.4 Å². The van der Waals surface area contributed by atoms with Crippen molar-refractivity contribution in [1.82, 2.24) is 0 Å². The maximum Gasteiger partial charge on any atom is 0.341 e. The van der Waals surface area contributed by atoms with Crippen LogP contribution in [0, 0.1) is 0 Å². The van der Waals surface area contributed by atoms with Crippen LogP contribution in [0.15, 0.2) is 24.8 Å². The zero-order valence-corrected chi connectivity index (χ0v) is 10.4. The summed E-state index contributed by atoms with van der Waals surface area (Å²) in [5, 5.41) is 0. The summed E-state index contributed by atoms with van der Waals surface area (Å²) < 4.78 is 10.4. The molecule has 0 aliphatic rings. The maximum absolute atomic E-state index is 11.8. The molecule has 1 aromatic carbocycles. The summed E-state index contributed by atoms with van der Waals surface area (Å²) in [6.07, 6.45) is 3.52. The number of ether oxygens (including phenoxy) is 2. The molecule has 0 aliphatic heterocycles. The van der Waals surface area contributed by atoms with E-state index < -0.39 is 0 Å². The van der Waals surface area contributed by atoms with Crippen LogP contribution in [0.2, 0.25) is 0 Å². The van der Waals surface area contributed by atoms with E-state index in [1.54, 1.807) is 18.2 Å². The first-order chi connectivity index (χ1) is 8.24. The first kappa shape index (κ1) is 13.3. The molecule has 1 rings (SSSR count). The molecule has 1 aromatic rings. The predicted octanol–water partition coefficient (Wildman–Crippen LogP) is 3.30. The molecule has 0 saturated carbocycles. The molecule has 0 radical (unpaired) electrons. The number of para-hydroxylation sites is 1. The minimum absolute atomic E-state index is 0.348. The Morgan fingerprint density at radius 3 is 2.82 bits per heavy atom. The van der Waals surface area contributed by atoms with Gasteiger partial charge in [-0.05, 0) is 12.5 Å². The van der Waals surface area contributed by atoms with Crippen molar-refractivity contribution in [2.75, 3.05) is 13.7 Å². The summed E-state index contributed by atoms with van der Waals surface area (Å²) >= 11 is 0. The van der Waals surface area contributed by atoms with Gasteiger partial charge in [0.1, 0.15) is 11.3 Å². The largest absolute Gasteiger partial charge is 0.495 e. The van der Waals surface area contributed by atoms with E-state index >= 15 is 0 Å². The lowest BCUT2D eigenvalue weighted by Gasteiger charge is -2.10. The van der Waals surface area contributed by atoms with Crippen LogP contribution >= 0.6 is 0 Å². The highest BCUT2D eigenvalue weighted by Crippen LogP contribution is 2.25. The molecular weight excluding hydrogens is 216 g/mol. The minimum Gasteiger partial charge on any atom is -0.495 e. The Bertz CT molecular complexity index is 396. The van der Waals surface area contributed by atoms with Gasteiger partial charge in [-0.3, -0.25) is 0 Å². The monoisotopic (exact) mass is 234 g/mol. The van der Waals surface area contributed by atoms with Gasteiger partial charge in [0.2, 0.25) is 0 Å². The number of hydrogen-bond acceptors (Lipinski definition) is 3. The van der Waals surface area contributed by atoms with E-state index in [-0.39, 0.29) is 5.97 Å². The molecule has 0 bridgehead atoms. The maximum atomic E-state index is 11.8. The molecule has 0 amide bonds. The molecule has 0 fully saturated rings. The Morgan fingerprint density at radius 2 is 2.24 bits per heavy atom. The topological polar surface area (TPSA) is 35.5 Å². The van der Waals surface area contributed by atoms with Crippen molar-refractivity contribution in [3.63, 3.8) is 0 Å². The van der Waals surface area contributed by atoms with E-state index in [4.69, 9.17) is 9.47 Å². The van der Waals surface area contributed by atoms with Crippen LogP contribution < -0.4 is 4.74 Å². The SMILES string of the molecule is C=Cc1cccc(C(=O)OCCCC)c1OC. The third-order valence-electron chi connectivity index (χ3n) is 2.42. The zero-order chi connectivity index (χ0) is 12.7. The summed E-state index contributed by atoms with van der Waals surface area (Å²) in [5.41, 5.74) is 1.23. The average Bonchev–Trinajstić information content (AvgIpc) is 2.37. The van der Waals surface area contributed by atoms with E-state index in [1.807, 2.05) is 13.0 Å². The Morgan fingerprint density at radius 1 is 1.47 bits per heavy atom. The standard InChI is InChI=1S/C14H18O3/c1-4-6-10-17-14(15)12-9-7-8-11(5-2)13(12)16-3/h5,7-9H,2,4,6,10H2,1,3H3. The van der Waals surface area contributed by atoms with Crippen molar-refractivity contribution in [1.29, 1.82) is 0 Å². The number of carbonyl (C=O) groups excluding carboxylic acids is 1. The molecule has 0 unspecified atom stereocenters. The second kappa shape index (κ2) is 6.74. The van der Waals surface area contributed by atoms with Gasteiger partial charge in [0.05, 0.1) is 13.7 Å². The number of benzene rings is 1. The van der Waals surface area contributed by atoms with Crippen LogP contribution in [-0.4, -0.2) is 19.7 Å². The zero-order valence-electron chi connectivity index (χ0n) is 10.4. The van der Waals surface area contributed by atoms with Gasteiger partial charge in [-0.1, -0.05) is 38.1 Å². The number of rotatable bonds is 6. The summed E-state index contributed by atoms with van der Waals surface area (Å²) in [6.45, 7) is 6.17. The summed E-state index contributed by atoms with van der Waals surface area (Å²) in [7, 11) is 1.53. The van der Waals surface area contributed by atoms with Crippen LogP contribution in [0.1, 0.15) is 35.7 Å². The van der Waals surface area contributed by atoms with Crippen LogP contribution in [0.3, 0.4) is 0 Å². The molecule has 0 atom stereocenters. The van der Waals surface area contributed by atoms with Crippen molar-refractivity contribution in [2.24, 2.45) is 0 Å². The summed E-state index contributed by atoms with van der Waals surface area (Å²) in [5.74, 6) is 0.169. The van der Waals surface area contributed by atoms with Gasteiger partial charge in [0, 0.05) is 5.56 Å². The number of esters is 1.